The van der Waals surface area contributed by atoms with Gasteiger partial charge in [-0.15, -0.1) is 0 Å². The number of hydrogen-bond acceptors (Lipinski definition) is 2. The number of halogens is 12. The molecule has 0 N–H and O–H groups in total. The number of benzene rings is 1. The molecule has 1 aromatic rings. The van der Waals surface area contributed by atoms with E-state index in [1.54, 1.807) is 12.1 Å². The predicted octanol–water partition coefficient (Wildman–Crippen LogP) is 1.82. The molecule has 158 valence electrons. The van der Waals surface area contributed by atoms with E-state index in [1.165, 1.54) is 4.90 Å². The number of carbonyl (C=O) groups excluding carboxylic acids is 2. The van der Waals surface area contributed by atoms with E-state index >= 15 is 0 Å². The SMILES string of the molecule is F[B-](F)(F)F.F[B-](F)(F)F.F[B-](F)(F)F.O=CN1Cc2ccccc2C1=O.[H-].[K+]. The minimum absolute atomic E-state index is 0. The topological polar surface area (TPSA) is 37.4 Å². The number of nitrogens with zero attached hydrogens (tertiary/aromatic N) is 1. The first-order valence-corrected chi connectivity index (χ1v) is 6.29. The molecule has 2 amide bonds. The first-order valence-electron chi connectivity index (χ1n) is 6.29. The van der Waals surface area contributed by atoms with Crippen LogP contribution < -0.4 is 51.4 Å². The maximum absolute atomic E-state index is 11.3. The van der Waals surface area contributed by atoms with Crippen LogP contribution in [0.2, 0.25) is 0 Å². The van der Waals surface area contributed by atoms with E-state index in [1.807, 2.05) is 12.1 Å². The molecule has 0 spiro atoms. The fraction of sp³-hybridized carbons (Fsp3) is 0.111. The molecular weight excluding hydrogens is 454 g/mol. The Balaban J connectivity index is -0.000000158. The standard InChI is InChI=1S/C9H7NO2.3BF4.K.H/c11-6-10-5-7-3-1-2-4-8(7)9(10)12;3*2-1(3,4)5;;/h1-4,6H,5H2;;;;;/q;3*-1;+1;-1. The van der Waals surface area contributed by atoms with Crippen LogP contribution in [0.4, 0.5) is 51.8 Å². The van der Waals surface area contributed by atoms with E-state index < -0.39 is 21.8 Å². The number of rotatable bonds is 1. The van der Waals surface area contributed by atoms with Crippen LogP contribution in [-0.4, -0.2) is 39.0 Å². The Hall–Kier alpha value is -0.649. The summed E-state index contributed by atoms with van der Waals surface area (Å²) in [6.07, 6.45) is 0.572. The zero-order valence-electron chi connectivity index (χ0n) is 14.6. The molecule has 0 bridgehead atoms. The summed E-state index contributed by atoms with van der Waals surface area (Å²) in [5.74, 6) is -0.194. The molecule has 0 radical (unpaired) electrons. The number of hydrogen-bond donors (Lipinski definition) is 0. The molecule has 1 aliphatic rings. The largest absolute Gasteiger partial charge is 1.00 e. The molecule has 0 unspecified atom stereocenters. The van der Waals surface area contributed by atoms with Crippen molar-refractivity contribution in [3.63, 3.8) is 0 Å². The van der Waals surface area contributed by atoms with E-state index in [-0.39, 0.29) is 58.7 Å². The van der Waals surface area contributed by atoms with Crippen molar-refractivity contribution in [2.24, 2.45) is 0 Å². The molecule has 0 saturated heterocycles. The predicted molar refractivity (Wildman–Crippen MR) is 74.0 cm³/mol. The fourth-order valence-electron chi connectivity index (χ4n) is 1.36. The van der Waals surface area contributed by atoms with E-state index in [2.05, 4.69) is 0 Å². The van der Waals surface area contributed by atoms with Crippen LogP contribution in [0.5, 0.6) is 0 Å². The Morgan fingerprint density at radius 1 is 0.786 bits per heavy atom. The molecule has 0 atom stereocenters. The summed E-state index contributed by atoms with van der Waals surface area (Å²) in [6.45, 7) is 0.415. The van der Waals surface area contributed by atoms with Crippen LogP contribution in [0.1, 0.15) is 17.3 Å². The van der Waals surface area contributed by atoms with Gasteiger partial charge in [0.2, 0.25) is 6.41 Å². The molecule has 1 heterocycles. The van der Waals surface area contributed by atoms with Gasteiger partial charge in [-0.3, -0.25) is 14.5 Å². The smallest absolute Gasteiger partial charge is 1.00 e. The normalized spacial score (nSPS) is 12.7. The van der Waals surface area contributed by atoms with Crippen molar-refractivity contribution in [2.45, 2.75) is 6.54 Å². The Labute approximate surface area is 194 Å². The summed E-state index contributed by atoms with van der Waals surface area (Å²) < 4.78 is 117. The van der Waals surface area contributed by atoms with Gasteiger partial charge >= 0.3 is 73.1 Å². The second kappa shape index (κ2) is 13.6. The van der Waals surface area contributed by atoms with E-state index in [9.17, 15) is 61.4 Å². The molecular formula is C9H8B3F12KNO2-3. The third-order valence-electron chi connectivity index (χ3n) is 1.98. The number of amides is 2. The molecule has 3 nitrogen and oxygen atoms in total. The molecule has 0 fully saturated rings. The molecule has 1 aliphatic heterocycles. The number of fused-ring (bicyclic) bond motifs is 1. The number of imide groups is 1. The summed E-state index contributed by atoms with van der Waals surface area (Å²) in [5, 5.41) is 0. The number of carbonyl (C=O) groups is 2. The van der Waals surface area contributed by atoms with Crippen LogP contribution in [0.15, 0.2) is 24.3 Å². The second-order valence-corrected chi connectivity index (χ2v) is 4.18. The van der Waals surface area contributed by atoms with Crippen molar-refractivity contribution in [1.82, 2.24) is 4.90 Å². The van der Waals surface area contributed by atoms with Crippen molar-refractivity contribution in [1.29, 1.82) is 0 Å². The summed E-state index contributed by atoms with van der Waals surface area (Å²) >= 11 is 0. The Morgan fingerprint density at radius 3 is 1.39 bits per heavy atom. The average Bonchev–Trinajstić information content (AvgIpc) is 2.70. The van der Waals surface area contributed by atoms with Gasteiger partial charge in [0.1, 0.15) is 0 Å². The zero-order valence-corrected chi connectivity index (χ0v) is 16.7. The maximum Gasteiger partial charge on any atom is 1.00 e. The molecule has 0 aromatic heterocycles. The van der Waals surface area contributed by atoms with Crippen LogP contribution in [0.25, 0.3) is 0 Å². The minimum Gasteiger partial charge on any atom is -1.00 e. The van der Waals surface area contributed by atoms with E-state index in [4.69, 9.17) is 0 Å². The maximum atomic E-state index is 11.3. The molecule has 1 aromatic carbocycles. The zero-order chi connectivity index (χ0) is 22.1. The Morgan fingerprint density at radius 2 is 1.11 bits per heavy atom. The first-order chi connectivity index (χ1) is 11.8. The third-order valence-corrected chi connectivity index (χ3v) is 1.98. The second-order valence-electron chi connectivity index (χ2n) is 4.18. The van der Waals surface area contributed by atoms with Crippen LogP contribution >= 0.6 is 0 Å². The van der Waals surface area contributed by atoms with Gasteiger partial charge in [-0.1, -0.05) is 18.2 Å². The van der Waals surface area contributed by atoms with Gasteiger partial charge < -0.3 is 53.2 Å². The van der Waals surface area contributed by atoms with Crippen molar-refractivity contribution in [2.75, 3.05) is 0 Å². The Kier molecular flexibility index (Phi) is 15.5. The van der Waals surface area contributed by atoms with Gasteiger partial charge in [-0.2, -0.15) is 0 Å². The average molecular weight is 462 g/mol. The first kappa shape index (κ1) is 32.0. The summed E-state index contributed by atoms with van der Waals surface area (Å²) in [6, 6.07) is 7.25. The fourth-order valence-corrected chi connectivity index (χ4v) is 1.36. The van der Waals surface area contributed by atoms with Crippen LogP contribution in [0.3, 0.4) is 0 Å². The molecule has 0 aliphatic carbocycles. The van der Waals surface area contributed by atoms with Gasteiger partial charge in [0.05, 0.1) is 6.54 Å². The van der Waals surface area contributed by atoms with Gasteiger partial charge in [-0.25, -0.2) is 0 Å². The van der Waals surface area contributed by atoms with Crippen LogP contribution in [-0.2, 0) is 11.3 Å². The van der Waals surface area contributed by atoms with Crippen molar-refractivity contribution >= 4 is 34.1 Å². The molecule has 28 heavy (non-hydrogen) atoms. The quantitative estimate of drug-likeness (QED) is 0.364. The minimum atomic E-state index is -6.00. The van der Waals surface area contributed by atoms with E-state index in [0.717, 1.165) is 5.56 Å². The molecule has 2 rings (SSSR count). The van der Waals surface area contributed by atoms with Gasteiger partial charge in [0.25, 0.3) is 5.91 Å². The summed E-state index contributed by atoms with van der Waals surface area (Å²) in [5.41, 5.74) is 1.57. The van der Waals surface area contributed by atoms with Crippen LogP contribution in [0, 0.1) is 0 Å². The van der Waals surface area contributed by atoms with Gasteiger partial charge in [0.15, 0.2) is 0 Å². The van der Waals surface area contributed by atoms with Gasteiger partial charge in [-0.05, 0) is 11.6 Å². The van der Waals surface area contributed by atoms with Gasteiger partial charge in [0, 0.05) is 5.56 Å². The third kappa shape index (κ3) is 25.4. The summed E-state index contributed by atoms with van der Waals surface area (Å²) in [4.78, 5) is 22.9. The summed E-state index contributed by atoms with van der Waals surface area (Å²) in [7, 11) is -18.0. The monoisotopic (exact) mass is 462 g/mol. The van der Waals surface area contributed by atoms with Crippen molar-refractivity contribution in [3.8, 4) is 0 Å². The Bertz CT molecular complexity index is 569. The molecule has 0 saturated carbocycles. The molecule has 19 heteroatoms. The van der Waals surface area contributed by atoms with Crippen molar-refractivity contribution < 1.29 is 114 Å². The van der Waals surface area contributed by atoms with E-state index in [0.29, 0.717) is 18.5 Å². The van der Waals surface area contributed by atoms with Crippen molar-refractivity contribution in [3.05, 3.63) is 35.4 Å².